The van der Waals surface area contributed by atoms with E-state index >= 15 is 0 Å². The van der Waals surface area contributed by atoms with E-state index in [9.17, 15) is 4.79 Å². The predicted molar refractivity (Wildman–Crippen MR) is 61.0 cm³/mol. The van der Waals surface area contributed by atoms with Crippen LogP contribution in [0.1, 0.15) is 5.56 Å². The van der Waals surface area contributed by atoms with Crippen molar-refractivity contribution in [3.63, 3.8) is 0 Å². The molecule has 1 aromatic carbocycles. The maximum Gasteiger partial charge on any atom is 0.236 e. The van der Waals surface area contributed by atoms with E-state index in [4.69, 9.17) is 16.2 Å². The summed E-state index contributed by atoms with van der Waals surface area (Å²) in [5.41, 5.74) is 11.4. The lowest BCUT2D eigenvalue weighted by molar-refractivity contribution is -0.120. The Morgan fingerprint density at radius 2 is 2.27 bits per heavy atom. The summed E-state index contributed by atoms with van der Waals surface area (Å²) in [7, 11) is 0. The zero-order valence-corrected chi connectivity index (χ0v) is 9.74. The van der Waals surface area contributed by atoms with Gasteiger partial charge in [-0.2, -0.15) is 0 Å². The molecule has 0 aliphatic heterocycles. The molecular formula is C10H13BrN2O2. The third-order valence-electron chi connectivity index (χ3n) is 1.82. The molecule has 0 saturated carbocycles. The van der Waals surface area contributed by atoms with Gasteiger partial charge < -0.3 is 16.2 Å². The van der Waals surface area contributed by atoms with Gasteiger partial charge in [-0.05, 0) is 17.7 Å². The first kappa shape index (κ1) is 12.2. The maximum absolute atomic E-state index is 10.6. The molecule has 1 rings (SSSR count). The summed E-state index contributed by atoms with van der Waals surface area (Å²) in [4.78, 5) is 10.6. The first-order chi connectivity index (χ1) is 7.09. The van der Waals surface area contributed by atoms with E-state index in [1.165, 1.54) is 0 Å². The highest BCUT2D eigenvalue weighted by molar-refractivity contribution is 9.10. The zero-order chi connectivity index (χ0) is 11.3. The van der Waals surface area contributed by atoms with Crippen LogP contribution in [0.4, 0.5) is 0 Å². The predicted octanol–water partition coefficient (Wildman–Crippen LogP) is 0.778. The third-order valence-corrected chi connectivity index (χ3v) is 2.31. The number of nitrogens with two attached hydrogens (primary N) is 2. The molecule has 0 aliphatic carbocycles. The molecule has 15 heavy (non-hydrogen) atoms. The van der Waals surface area contributed by atoms with Gasteiger partial charge in [0.15, 0.2) is 0 Å². The molecule has 0 aliphatic rings. The standard InChI is InChI=1S/C10H13BrN2O2/c11-8-3-1-2-7(4-8)5-15-6-9(12)10(13)14/h1-4,9H,5-6,12H2,(H2,13,14). The van der Waals surface area contributed by atoms with Crippen LogP contribution in [0.25, 0.3) is 0 Å². The molecule has 0 aromatic heterocycles. The minimum absolute atomic E-state index is 0.141. The van der Waals surface area contributed by atoms with Crippen molar-refractivity contribution in [2.24, 2.45) is 11.5 Å². The van der Waals surface area contributed by atoms with Crippen LogP contribution in [-0.2, 0) is 16.1 Å². The van der Waals surface area contributed by atoms with Crippen LogP contribution in [0.2, 0.25) is 0 Å². The van der Waals surface area contributed by atoms with Gasteiger partial charge in [-0.3, -0.25) is 4.79 Å². The fourth-order valence-electron chi connectivity index (χ4n) is 1.01. The smallest absolute Gasteiger partial charge is 0.236 e. The fraction of sp³-hybridized carbons (Fsp3) is 0.300. The van der Waals surface area contributed by atoms with Gasteiger partial charge in [-0.25, -0.2) is 0 Å². The molecular weight excluding hydrogens is 260 g/mol. The van der Waals surface area contributed by atoms with Crippen LogP contribution < -0.4 is 11.5 Å². The number of rotatable bonds is 5. The highest BCUT2D eigenvalue weighted by atomic mass is 79.9. The van der Waals surface area contributed by atoms with E-state index in [0.29, 0.717) is 6.61 Å². The molecule has 4 nitrogen and oxygen atoms in total. The van der Waals surface area contributed by atoms with E-state index in [0.717, 1.165) is 10.0 Å². The molecule has 1 unspecified atom stereocenters. The van der Waals surface area contributed by atoms with Crippen LogP contribution >= 0.6 is 15.9 Å². The SMILES string of the molecule is NC(=O)C(N)COCc1cccc(Br)c1. The Bertz CT molecular complexity index is 344. The first-order valence-electron chi connectivity index (χ1n) is 4.46. The highest BCUT2D eigenvalue weighted by Gasteiger charge is 2.08. The van der Waals surface area contributed by atoms with Crippen molar-refractivity contribution in [2.75, 3.05) is 6.61 Å². The Morgan fingerprint density at radius 1 is 1.53 bits per heavy atom. The lowest BCUT2D eigenvalue weighted by Gasteiger charge is -2.08. The molecule has 0 heterocycles. The Morgan fingerprint density at radius 3 is 2.87 bits per heavy atom. The molecule has 0 radical (unpaired) electrons. The van der Waals surface area contributed by atoms with Gasteiger partial charge in [0.05, 0.1) is 13.2 Å². The van der Waals surface area contributed by atoms with Crippen LogP contribution in [0.3, 0.4) is 0 Å². The summed E-state index contributed by atoms with van der Waals surface area (Å²) >= 11 is 3.35. The summed E-state index contributed by atoms with van der Waals surface area (Å²) in [5.74, 6) is -0.552. The minimum Gasteiger partial charge on any atom is -0.375 e. The second kappa shape index (κ2) is 5.85. The van der Waals surface area contributed by atoms with Crippen LogP contribution in [-0.4, -0.2) is 18.6 Å². The van der Waals surface area contributed by atoms with Crippen LogP contribution in [0, 0.1) is 0 Å². The molecule has 0 fully saturated rings. The normalized spacial score (nSPS) is 12.4. The van der Waals surface area contributed by atoms with Crippen LogP contribution in [0.15, 0.2) is 28.7 Å². The van der Waals surface area contributed by atoms with Crippen molar-refractivity contribution in [2.45, 2.75) is 12.6 Å². The summed E-state index contributed by atoms with van der Waals surface area (Å²) in [6.07, 6.45) is 0. The van der Waals surface area contributed by atoms with Gasteiger partial charge in [0.1, 0.15) is 6.04 Å². The van der Waals surface area contributed by atoms with E-state index in [1.807, 2.05) is 24.3 Å². The third kappa shape index (κ3) is 4.42. The number of amides is 1. The fourth-order valence-corrected chi connectivity index (χ4v) is 1.46. The number of hydrogen-bond donors (Lipinski definition) is 2. The molecule has 0 bridgehead atoms. The van der Waals surface area contributed by atoms with Crippen molar-refractivity contribution in [3.05, 3.63) is 34.3 Å². The second-order valence-corrected chi connectivity index (χ2v) is 4.07. The Kier molecular flexibility index (Phi) is 4.74. The van der Waals surface area contributed by atoms with Crippen molar-refractivity contribution in [3.8, 4) is 0 Å². The van der Waals surface area contributed by atoms with E-state index in [2.05, 4.69) is 15.9 Å². The topological polar surface area (TPSA) is 78.3 Å². The molecule has 1 atom stereocenters. The average molecular weight is 273 g/mol. The summed E-state index contributed by atoms with van der Waals surface area (Å²) in [6.45, 7) is 0.558. The van der Waals surface area contributed by atoms with Gasteiger partial charge >= 0.3 is 0 Å². The second-order valence-electron chi connectivity index (χ2n) is 3.15. The summed E-state index contributed by atoms with van der Waals surface area (Å²) in [6, 6.07) is 6.98. The van der Waals surface area contributed by atoms with E-state index in [1.54, 1.807) is 0 Å². The van der Waals surface area contributed by atoms with Crippen molar-refractivity contribution in [1.29, 1.82) is 0 Å². The number of hydrogen-bond acceptors (Lipinski definition) is 3. The Labute approximate surface area is 96.7 Å². The molecule has 4 N–H and O–H groups in total. The number of carbonyl (C=O) groups excluding carboxylic acids is 1. The number of benzene rings is 1. The number of carbonyl (C=O) groups is 1. The number of halogens is 1. The molecule has 1 amide bonds. The average Bonchev–Trinajstić information content (AvgIpc) is 2.17. The van der Waals surface area contributed by atoms with E-state index < -0.39 is 11.9 Å². The largest absolute Gasteiger partial charge is 0.375 e. The quantitative estimate of drug-likeness (QED) is 0.832. The van der Waals surface area contributed by atoms with Gasteiger partial charge in [0, 0.05) is 4.47 Å². The Hall–Kier alpha value is -0.910. The molecule has 0 saturated heterocycles. The Balaban J connectivity index is 2.35. The van der Waals surface area contributed by atoms with Gasteiger partial charge in [-0.1, -0.05) is 28.1 Å². The van der Waals surface area contributed by atoms with Gasteiger partial charge in [0.25, 0.3) is 0 Å². The van der Waals surface area contributed by atoms with Crippen molar-refractivity contribution < 1.29 is 9.53 Å². The highest BCUT2D eigenvalue weighted by Crippen LogP contribution is 2.12. The van der Waals surface area contributed by atoms with E-state index in [-0.39, 0.29) is 6.61 Å². The summed E-state index contributed by atoms with van der Waals surface area (Å²) < 4.78 is 6.24. The summed E-state index contributed by atoms with van der Waals surface area (Å²) in [5, 5.41) is 0. The van der Waals surface area contributed by atoms with Gasteiger partial charge in [-0.15, -0.1) is 0 Å². The first-order valence-corrected chi connectivity index (χ1v) is 5.26. The number of ether oxygens (including phenoxy) is 1. The maximum atomic E-state index is 10.6. The van der Waals surface area contributed by atoms with Crippen molar-refractivity contribution >= 4 is 21.8 Å². The van der Waals surface area contributed by atoms with Gasteiger partial charge in [0.2, 0.25) is 5.91 Å². The monoisotopic (exact) mass is 272 g/mol. The lowest BCUT2D eigenvalue weighted by atomic mass is 10.2. The molecule has 82 valence electrons. The zero-order valence-electron chi connectivity index (χ0n) is 8.15. The molecule has 1 aromatic rings. The molecule has 5 heteroatoms. The number of primary amides is 1. The molecule has 0 spiro atoms. The minimum atomic E-state index is -0.739. The lowest BCUT2D eigenvalue weighted by Crippen LogP contribution is -2.40. The van der Waals surface area contributed by atoms with Crippen LogP contribution in [0.5, 0.6) is 0 Å². The van der Waals surface area contributed by atoms with Crippen molar-refractivity contribution in [1.82, 2.24) is 0 Å².